The van der Waals surface area contributed by atoms with Crippen molar-refractivity contribution in [3.63, 3.8) is 0 Å². The first kappa shape index (κ1) is 20.8. The van der Waals surface area contributed by atoms with Crippen LogP contribution in [0, 0.1) is 0 Å². The molecule has 0 saturated carbocycles. The minimum Gasteiger partial charge on any atom is -0.376 e. The normalized spacial score (nSPS) is 16.6. The fraction of sp³-hybridized carbons (Fsp3) is 0.381. The van der Waals surface area contributed by atoms with E-state index in [2.05, 4.69) is 32.1 Å². The van der Waals surface area contributed by atoms with Gasteiger partial charge in [-0.25, -0.2) is 4.98 Å². The highest BCUT2D eigenvalue weighted by Gasteiger charge is 2.28. The van der Waals surface area contributed by atoms with E-state index in [4.69, 9.17) is 23.2 Å². The van der Waals surface area contributed by atoms with Crippen LogP contribution in [-0.4, -0.2) is 58.0 Å². The Morgan fingerprint density at radius 2 is 2.13 bits per heavy atom. The van der Waals surface area contributed by atoms with E-state index in [1.165, 1.54) is 0 Å². The van der Waals surface area contributed by atoms with Crippen LogP contribution in [0.4, 0.5) is 11.6 Å². The summed E-state index contributed by atoms with van der Waals surface area (Å²) in [5, 5.41) is 5.19. The van der Waals surface area contributed by atoms with E-state index in [1.54, 1.807) is 18.2 Å². The molecular formula is C21H24Cl2N6O. The summed E-state index contributed by atoms with van der Waals surface area (Å²) >= 11 is 12.1. The predicted octanol–water partition coefficient (Wildman–Crippen LogP) is 4.19. The number of carbonyl (C=O) groups is 1. The molecule has 7 nitrogen and oxygen atoms in total. The molecule has 4 rings (SSSR count). The van der Waals surface area contributed by atoms with Gasteiger partial charge in [-0.1, -0.05) is 23.2 Å². The molecule has 30 heavy (non-hydrogen) atoms. The van der Waals surface area contributed by atoms with Crippen LogP contribution in [-0.2, 0) is 4.79 Å². The lowest BCUT2D eigenvalue weighted by atomic mass is 10.0. The number of amides is 1. The minimum atomic E-state index is 0.0487. The first-order valence-corrected chi connectivity index (χ1v) is 10.8. The van der Waals surface area contributed by atoms with Crippen LogP contribution in [0.2, 0.25) is 10.0 Å². The van der Waals surface area contributed by atoms with Gasteiger partial charge in [0, 0.05) is 59.2 Å². The molecular weight excluding hydrogens is 423 g/mol. The fourth-order valence-corrected chi connectivity index (χ4v) is 4.44. The Hall–Kier alpha value is -2.51. The van der Waals surface area contributed by atoms with Gasteiger partial charge in [0.15, 0.2) is 0 Å². The number of piperidine rings is 1. The van der Waals surface area contributed by atoms with Crippen molar-refractivity contribution in [3.8, 4) is 0 Å². The summed E-state index contributed by atoms with van der Waals surface area (Å²) in [6.07, 6.45) is 5.64. The largest absolute Gasteiger partial charge is 0.376 e. The molecule has 1 aliphatic heterocycles. The fourth-order valence-electron chi connectivity index (χ4n) is 3.91. The average molecular weight is 447 g/mol. The number of hydrogen-bond donors (Lipinski definition) is 2. The molecule has 2 N–H and O–H groups in total. The van der Waals surface area contributed by atoms with Gasteiger partial charge in [0.2, 0.25) is 11.9 Å². The summed E-state index contributed by atoms with van der Waals surface area (Å²) in [5.74, 6) is 0.742. The monoisotopic (exact) mass is 446 g/mol. The molecule has 0 aliphatic carbocycles. The number of anilines is 2. The van der Waals surface area contributed by atoms with Gasteiger partial charge >= 0.3 is 0 Å². The molecule has 1 amide bonds. The quantitative estimate of drug-likeness (QED) is 0.593. The van der Waals surface area contributed by atoms with Crippen LogP contribution in [0.25, 0.3) is 11.0 Å². The van der Waals surface area contributed by atoms with Crippen LogP contribution >= 0.6 is 23.2 Å². The van der Waals surface area contributed by atoms with Crippen molar-refractivity contribution in [1.29, 1.82) is 0 Å². The van der Waals surface area contributed by atoms with Crippen LogP contribution in [0.1, 0.15) is 19.8 Å². The van der Waals surface area contributed by atoms with E-state index in [0.717, 1.165) is 42.7 Å². The van der Waals surface area contributed by atoms with Gasteiger partial charge in [-0.3, -0.25) is 4.79 Å². The third-order valence-corrected chi connectivity index (χ3v) is 5.82. The summed E-state index contributed by atoms with van der Waals surface area (Å²) in [7, 11) is 0. The second-order valence-electron chi connectivity index (χ2n) is 7.39. The molecule has 158 valence electrons. The maximum absolute atomic E-state index is 12.8. The molecule has 1 aromatic carbocycles. The lowest BCUT2D eigenvalue weighted by molar-refractivity contribution is -0.130. The number of halogens is 2. The van der Waals surface area contributed by atoms with Gasteiger partial charge < -0.3 is 20.1 Å². The molecule has 2 aromatic heterocycles. The van der Waals surface area contributed by atoms with Crippen LogP contribution in [0.3, 0.4) is 0 Å². The number of likely N-dealkylation sites (tertiary alicyclic amines) is 1. The number of nitrogens with zero attached hydrogens (tertiary/aromatic N) is 4. The van der Waals surface area contributed by atoms with Crippen LogP contribution in [0.5, 0.6) is 0 Å². The molecule has 1 atom stereocenters. The van der Waals surface area contributed by atoms with Gasteiger partial charge in [-0.2, -0.15) is 4.98 Å². The highest BCUT2D eigenvalue weighted by molar-refractivity contribution is 6.35. The van der Waals surface area contributed by atoms with E-state index >= 15 is 0 Å². The van der Waals surface area contributed by atoms with Gasteiger partial charge in [-0.15, -0.1) is 0 Å². The van der Waals surface area contributed by atoms with Gasteiger partial charge in [-0.05, 0) is 44.0 Å². The maximum atomic E-state index is 12.8. The number of rotatable bonds is 6. The number of H-pyrrole nitrogens is 1. The number of fused-ring (bicyclic) bond motifs is 1. The van der Waals surface area contributed by atoms with Gasteiger partial charge in [0.05, 0.1) is 6.54 Å². The Bertz CT molecular complexity index is 1020. The zero-order valence-electron chi connectivity index (χ0n) is 16.7. The van der Waals surface area contributed by atoms with Gasteiger partial charge in [0.25, 0.3) is 0 Å². The standard InChI is InChI=1S/C21H24Cl2N6O/c1-2-29(21-26-11-14-5-6-24-20(14)27-21)18-4-3-7-28(13-18)19(30)12-25-17-9-15(22)8-16(23)10-17/h5-6,8-11,18,25H,2-4,7,12-13H2,1H3,(H,24,26,27)/t18-/m0/s1. The molecule has 0 unspecified atom stereocenters. The van der Waals surface area contributed by atoms with E-state index in [0.29, 0.717) is 22.5 Å². The Morgan fingerprint density at radius 3 is 2.90 bits per heavy atom. The topological polar surface area (TPSA) is 77.2 Å². The third-order valence-electron chi connectivity index (χ3n) is 5.38. The Balaban J connectivity index is 1.41. The van der Waals surface area contributed by atoms with Crippen molar-refractivity contribution in [3.05, 3.63) is 46.7 Å². The highest BCUT2D eigenvalue weighted by Crippen LogP contribution is 2.24. The van der Waals surface area contributed by atoms with E-state index in [9.17, 15) is 4.79 Å². The molecule has 0 spiro atoms. The number of benzene rings is 1. The minimum absolute atomic E-state index is 0.0487. The third kappa shape index (κ3) is 4.63. The van der Waals surface area contributed by atoms with Crippen molar-refractivity contribution in [2.24, 2.45) is 0 Å². The van der Waals surface area contributed by atoms with E-state index < -0.39 is 0 Å². The Morgan fingerprint density at radius 1 is 1.33 bits per heavy atom. The lowest BCUT2D eigenvalue weighted by Crippen LogP contribution is -2.51. The van der Waals surface area contributed by atoms with Crippen molar-refractivity contribution in [1.82, 2.24) is 19.9 Å². The number of aromatic amines is 1. The van der Waals surface area contributed by atoms with Crippen LogP contribution < -0.4 is 10.2 Å². The summed E-state index contributed by atoms with van der Waals surface area (Å²) in [6, 6.07) is 7.31. The number of nitrogens with one attached hydrogen (secondary N) is 2. The molecule has 0 bridgehead atoms. The van der Waals surface area contributed by atoms with Crippen molar-refractivity contribution in [2.75, 3.05) is 36.4 Å². The second kappa shape index (κ2) is 9.10. The summed E-state index contributed by atoms with van der Waals surface area (Å²) in [4.78, 5) is 29.3. The summed E-state index contributed by atoms with van der Waals surface area (Å²) in [5.41, 5.74) is 1.56. The number of hydrogen-bond acceptors (Lipinski definition) is 5. The van der Waals surface area contributed by atoms with Crippen LogP contribution in [0.15, 0.2) is 36.7 Å². The smallest absolute Gasteiger partial charge is 0.241 e. The molecule has 0 radical (unpaired) electrons. The molecule has 3 aromatic rings. The first-order valence-electron chi connectivity index (χ1n) is 10.1. The summed E-state index contributed by atoms with van der Waals surface area (Å²) < 4.78 is 0. The van der Waals surface area contributed by atoms with Crippen molar-refractivity contribution >= 4 is 51.8 Å². The first-order chi connectivity index (χ1) is 14.5. The van der Waals surface area contributed by atoms with Gasteiger partial charge in [0.1, 0.15) is 5.65 Å². The van der Waals surface area contributed by atoms with E-state index in [1.807, 2.05) is 23.4 Å². The second-order valence-corrected chi connectivity index (χ2v) is 8.26. The zero-order valence-corrected chi connectivity index (χ0v) is 18.2. The Kier molecular flexibility index (Phi) is 6.29. The predicted molar refractivity (Wildman–Crippen MR) is 121 cm³/mol. The molecule has 1 fully saturated rings. The SMILES string of the molecule is CCN(c1ncc2cc[nH]c2n1)[C@H]1CCCN(C(=O)CNc2cc(Cl)cc(Cl)c2)C1. The summed E-state index contributed by atoms with van der Waals surface area (Å²) in [6.45, 7) is 4.46. The number of carbonyl (C=O) groups excluding carboxylic acids is 1. The molecule has 1 saturated heterocycles. The highest BCUT2D eigenvalue weighted by atomic mass is 35.5. The lowest BCUT2D eigenvalue weighted by Gasteiger charge is -2.39. The van der Waals surface area contributed by atoms with Crippen molar-refractivity contribution in [2.45, 2.75) is 25.8 Å². The Labute approximate surface area is 185 Å². The van der Waals surface area contributed by atoms with Crippen molar-refractivity contribution < 1.29 is 4.79 Å². The molecule has 3 heterocycles. The number of likely N-dealkylation sites (N-methyl/N-ethyl adjacent to an activating group) is 1. The molecule has 9 heteroatoms. The zero-order chi connectivity index (χ0) is 21.1. The maximum Gasteiger partial charge on any atom is 0.241 e. The number of aromatic nitrogens is 3. The average Bonchev–Trinajstić information content (AvgIpc) is 3.20. The van der Waals surface area contributed by atoms with E-state index in [-0.39, 0.29) is 18.5 Å². The molecule has 1 aliphatic rings.